The van der Waals surface area contributed by atoms with Crippen LogP contribution in [0.3, 0.4) is 0 Å². The number of halogens is 3. The average Bonchev–Trinajstić information content (AvgIpc) is 3.03. The van der Waals surface area contributed by atoms with Gasteiger partial charge in [0.15, 0.2) is 5.69 Å². The molecule has 6 heteroatoms. The van der Waals surface area contributed by atoms with Crippen molar-refractivity contribution >= 4 is 17.4 Å². The van der Waals surface area contributed by atoms with E-state index in [1.165, 1.54) is 4.68 Å². The number of hydrogen-bond acceptors (Lipinski definition) is 2. The molecule has 27 heavy (non-hydrogen) atoms. The number of benzene rings is 2. The standard InChI is InChI=1S/C21H15F3N2O/c22-21(23,24)20-18-13-17(27)12-15(11-14-7-3-1-4-8-14)19(18)26(25-20)16-9-5-2-6-10-16/h1-11H,12-13H2/b15-11+. The average molecular weight is 368 g/mol. The van der Waals surface area contributed by atoms with Crippen molar-refractivity contribution in [2.75, 3.05) is 0 Å². The number of para-hydroxylation sites is 1. The van der Waals surface area contributed by atoms with Gasteiger partial charge < -0.3 is 0 Å². The lowest BCUT2D eigenvalue weighted by Crippen LogP contribution is -2.17. The Morgan fingerprint density at radius 2 is 1.56 bits per heavy atom. The van der Waals surface area contributed by atoms with Crippen molar-refractivity contribution in [3.8, 4) is 5.69 Å². The van der Waals surface area contributed by atoms with Crippen molar-refractivity contribution in [1.29, 1.82) is 0 Å². The molecule has 0 saturated heterocycles. The molecule has 0 spiro atoms. The molecule has 0 radical (unpaired) electrons. The molecular weight excluding hydrogens is 353 g/mol. The van der Waals surface area contributed by atoms with E-state index in [-0.39, 0.29) is 24.2 Å². The SMILES string of the molecule is O=C1C/C(=C\c2ccccc2)c2c(c(C(F)(F)F)nn2-c2ccccc2)C1. The Hall–Kier alpha value is -3.15. The van der Waals surface area contributed by atoms with E-state index in [1.54, 1.807) is 36.4 Å². The van der Waals surface area contributed by atoms with Crippen LogP contribution in [0.25, 0.3) is 17.3 Å². The summed E-state index contributed by atoms with van der Waals surface area (Å²) in [5.74, 6) is -0.247. The number of carbonyl (C=O) groups is 1. The molecule has 0 atom stereocenters. The van der Waals surface area contributed by atoms with Gasteiger partial charge in [-0.05, 0) is 29.3 Å². The van der Waals surface area contributed by atoms with Gasteiger partial charge in [-0.1, -0.05) is 48.5 Å². The number of Topliss-reactive ketones (excluding diaryl/α,β-unsaturated/α-hetero) is 1. The minimum Gasteiger partial charge on any atom is -0.299 e. The first-order valence-electron chi connectivity index (χ1n) is 8.45. The van der Waals surface area contributed by atoms with Crippen molar-refractivity contribution < 1.29 is 18.0 Å². The van der Waals surface area contributed by atoms with Gasteiger partial charge in [-0.3, -0.25) is 4.79 Å². The molecule has 136 valence electrons. The zero-order valence-electron chi connectivity index (χ0n) is 14.2. The fourth-order valence-electron chi connectivity index (χ4n) is 3.36. The molecule has 0 fully saturated rings. The largest absolute Gasteiger partial charge is 0.435 e. The maximum absolute atomic E-state index is 13.6. The summed E-state index contributed by atoms with van der Waals surface area (Å²) >= 11 is 0. The Morgan fingerprint density at radius 1 is 0.926 bits per heavy atom. The van der Waals surface area contributed by atoms with Crippen LogP contribution in [0.5, 0.6) is 0 Å². The summed E-state index contributed by atoms with van der Waals surface area (Å²) in [4.78, 5) is 12.2. The van der Waals surface area contributed by atoms with E-state index < -0.39 is 11.9 Å². The molecule has 0 N–H and O–H groups in total. The molecular formula is C21H15F3N2O. The lowest BCUT2D eigenvalue weighted by Gasteiger charge is -2.18. The predicted octanol–water partition coefficient (Wildman–Crippen LogP) is 4.95. The monoisotopic (exact) mass is 368 g/mol. The van der Waals surface area contributed by atoms with Crippen molar-refractivity contribution in [2.45, 2.75) is 19.0 Å². The topological polar surface area (TPSA) is 34.9 Å². The van der Waals surface area contributed by atoms with Gasteiger partial charge in [0.2, 0.25) is 0 Å². The van der Waals surface area contributed by atoms with Crippen molar-refractivity contribution in [2.24, 2.45) is 0 Å². The summed E-state index contributed by atoms with van der Waals surface area (Å²) in [6.45, 7) is 0. The zero-order chi connectivity index (χ0) is 19.0. The molecule has 0 unspecified atom stereocenters. The number of fused-ring (bicyclic) bond motifs is 1. The second-order valence-corrected chi connectivity index (χ2v) is 6.39. The fraction of sp³-hybridized carbons (Fsp3) is 0.143. The Balaban J connectivity index is 1.98. The Kier molecular flexibility index (Phi) is 4.18. The first kappa shape index (κ1) is 17.3. The zero-order valence-corrected chi connectivity index (χ0v) is 14.2. The molecule has 3 nitrogen and oxygen atoms in total. The van der Waals surface area contributed by atoms with E-state index in [2.05, 4.69) is 5.10 Å². The highest BCUT2D eigenvalue weighted by atomic mass is 19.4. The van der Waals surface area contributed by atoms with Gasteiger partial charge in [0.05, 0.1) is 11.4 Å². The Bertz CT molecular complexity index is 1020. The molecule has 1 heterocycles. The predicted molar refractivity (Wildman–Crippen MR) is 96.2 cm³/mol. The summed E-state index contributed by atoms with van der Waals surface area (Å²) in [6, 6.07) is 17.9. The quantitative estimate of drug-likeness (QED) is 0.642. The third-order valence-electron chi connectivity index (χ3n) is 4.46. The van der Waals surface area contributed by atoms with Crippen LogP contribution in [-0.4, -0.2) is 15.6 Å². The molecule has 1 aromatic heterocycles. The number of rotatable bonds is 2. The Morgan fingerprint density at radius 3 is 2.19 bits per heavy atom. The highest BCUT2D eigenvalue weighted by Gasteiger charge is 2.42. The summed E-state index contributed by atoms with van der Waals surface area (Å²) in [6.07, 6.45) is -3.04. The minimum atomic E-state index is -4.63. The molecule has 2 aromatic carbocycles. The normalized spacial score (nSPS) is 15.8. The van der Waals surface area contributed by atoms with Crippen LogP contribution in [-0.2, 0) is 17.4 Å². The molecule has 4 rings (SSSR count). The number of ketones is 1. The number of carbonyl (C=O) groups excluding carboxylic acids is 1. The van der Waals surface area contributed by atoms with Crippen LogP contribution in [0.15, 0.2) is 60.7 Å². The van der Waals surface area contributed by atoms with Gasteiger partial charge in [-0.2, -0.15) is 18.3 Å². The van der Waals surface area contributed by atoms with Crippen LogP contribution < -0.4 is 0 Å². The minimum absolute atomic E-state index is 0.0511. The number of allylic oxidation sites excluding steroid dienone is 1. The van der Waals surface area contributed by atoms with Crippen molar-refractivity contribution in [1.82, 2.24) is 9.78 Å². The van der Waals surface area contributed by atoms with Crippen LogP contribution in [0.1, 0.15) is 28.9 Å². The summed E-state index contributed by atoms with van der Waals surface area (Å²) in [5, 5.41) is 3.86. The maximum Gasteiger partial charge on any atom is 0.435 e. The third-order valence-corrected chi connectivity index (χ3v) is 4.46. The van der Waals surface area contributed by atoms with E-state index in [1.807, 2.05) is 30.3 Å². The second-order valence-electron chi connectivity index (χ2n) is 6.39. The van der Waals surface area contributed by atoms with Gasteiger partial charge in [0, 0.05) is 18.4 Å². The molecule has 3 aromatic rings. The molecule has 1 aliphatic carbocycles. The summed E-state index contributed by atoms with van der Waals surface area (Å²) in [5.41, 5.74) is 1.20. The fourth-order valence-corrected chi connectivity index (χ4v) is 3.36. The van der Waals surface area contributed by atoms with Gasteiger partial charge in [0.1, 0.15) is 5.78 Å². The van der Waals surface area contributed by atoms with E-state index in [0.29, 0.717) is 17.0 Å². The van der Waals surface area contributed by atoms with E-state index in [0.717, 1.165) is 5.56 Å². The van der Waals surface area contributed by atoms with Gasteiger partial charge in [-0.15, -0.1) is 0 Å². The lowest BCUT2D eigenvalue weighted by molar-refractivity contribution is -0.142. The van der Waals surface area contributed by atoms with Crippen LogP contribution in [0.2, 0.25) is 0 Å². The lowest BCUT2D eigenvalue weighted by atomic mass is 9.88. The highest BCUT2D eigenvalue weighted by Crippen LogP contribution is 2.40. The van der Waals surface area contributed by atoms with Crippen molar-refractivity contribution in [3.63, 3.8) is 0 Å². The van der Waals surface area contributed by atoms with E-state index in [4.69, 9.17) is 0 Å². The smallest absolute Gasteiger partial charge is 0.299 e. The number of aromatic nitrogens is 2. The molecule has 0 saturated carbocycles. The molecule has 1 aliphatic rings. The van der Waals surface area contributed by atoms with E-state index >= 15 is 0 Å². The van der Waals surface area contributed by atoms with Crippen LogP contribution >= 0.6 is 0 Å². The van der Waals surface area contributed by atoms with Gasteiger partial charge in [-0.25, -0.2) is 4.68 Å². The highest BCUT2D eigenvalue weighted by molar-refractivity contribution is 6.00. The first-order valence-corrected chi connectivity index (χ1v) is 8.45. The van der Waals surface area contributed by atoms with E-state index in [9.17, 15) is 18.0 Å². The first-order chi connectivity index (χ1) is 12.9. The number of alkyl halides is 3. The molecule has 0 aliphatic heterocycles. The Labute approximate surface area is 153 Å². The molecule has 0 bridgehead atoms. The maximum atomic E-state index is 13.6. The van der Waals surface area contributed by atoms with Crippen LogP contribution in [0.4, 0.5) is 13.2 Å². The second kappa shape index (κ2) is 6.54. The van der Waals surface area contributed by atoms with Gasteiger partial charge >= 0.3 is 6.18 Å². The molecule has 0 amide bonds. The number of hydrogen-bond donors (Lipinski definition) is 0. The summed E-state index contributed by atoms with van der Waals surface area (Å²) < 4.78 is 42.0. The third kappa shape index (κ3) is 3.30. The van der Waals surface area contributed by atoms with Gasteiger partial charge in [0.25, 0.3) is 0 Å². The number of nitrogens with zero attached hydrogens (tertiary/aromatic N) is 2. The van der Waals surface area contributed by atoms with Crippen molar-refractivity contribution in [3.05, 3.63) is 83.2 Å². The summed E-state index contributed by atoms with van der Waals surface area (Å²) in [7, 11) is 0. The van der Waals surface area contributed by atoms with Crippen LogP contribution in [0, 0.1) is 0 Å².